The van der Waals surface area contributed by atoms with Crippen molar-refractivity contribution in [3.63, 3.8) is 0 Å². The molecule has 0 bridgehead atoms. The Kier molecular flexibility index (Phi) is 4.97. The molecule has 7 heteroatoms. The van der Waals surface area contributed by atoms with Gasteiger partial charge >= 0.3 is 0 Å². The second kappa shape index (κ2) is 6.20. The van der Waals surface area contributed by atoms with Crippen molar-refractivity contribution in [2.45, 2.75) is 43.7 Å². The summed E-state index contributed by atoms with van der Waals surface area (Å²) < 4.78 is 27.3. The number of hydrogen-bond donors (Lipinski definition) is 2. The fourth-order valence-corrected chi connectivity index (χ4v) is 4.34. The fraction of sp³-hybridized carbons (Fsp3) is 0.538. The average molecular weight is 338 g/mol. The lowest BCUT2D eigenvalue weighted by atomic mass is 10.2. The first-order valence-electron chi connectivity index (χ1n) is 6.44. The van der Waals surface area contributed by atoms with Gasteiger partial charge in [-0.3, -0.25) is 0 Å². The first kappa shape index (κ1) is 16.0. The van der Waals surface area contributed by atoms with Crippen LogP contribution in [0, 0.1) is 5.92 Å². The van der Waals surface area contributed by atoms with Crippen molar-refractivity contribution >= 4 is 33.2 Å². The van der Waals surface area contributed by atoms with Crippen molar-refractivity contribution < 1.29 is 13.5 Å². The van der Waals surface area contributed by atoms with E-state index in [2.05, 4.69) is 4.72 Å². The maximum absolute atomic E-state index is 12.3. The molecule has 20 heavy (non-hydrogen) atoms. The van der Waals surface area contributed by atoms with E-state index in [1.54, 1.807) is 0 Å². The minimum Gasteiger partial charge on any atom is -0.392 e. The van der Waals surface area contributed by atoms with Crippen LogP contribution in [-0.4, -0.2) is 19.6 Å². The minimum absolute atomic E-state index is 0.0167. The number of sulfonamides is 1. The van der Waals surface area contributed by atoms with E-state index < -0.39 is 10.0 Å². The SMILES string of the molecule is CC(CC1CC1)NS(=O)(=O)c1cc(Cl)cc(CO)c1Cl. The molecule has 0 radical (unpaired) electrons. The molecule has 0 aromatic heterocycles. The Balaban J connectivity index is 2.25. The van der Waals surface area contributed by atoms with Crippen molar-refractivity contribution in [1.29, 1.82) is 0 Å². The van der Waals surface area contributed by atoms with Gasteiger partial charge in [-0.25, -0.2) is 13.1 Å². The zero-order valence-electron chi connectivity index (χ0n) is 11.1. The molecule has 2 N–H and O–H groups in total. The van der Waals surface area contributed by atoms with Crippen molar-refractivity contribution in [3.8, 4) is 0 Å². The molecule has 1 aromatic rings. The minimum atomic E-state index is -3.74. The van der Waals surface area contributed by atoms with Gasteiger partial charge in [0.15, 0.2) is 0 Å². The summed E-state index contributed by atoms with van der Waals surface area (Å²) >= 11 is 11.9. The first-order chi connectivity index (χ1) is 9.33. The number of nitrogens with one attached hydrogen (secondary N) is 1. The maximum Gasteiger partial charge on any atom is 0.242 e. The van der Waals surface area contributed by atoms with Crippen molar-refractivity contribution in [1.82, 2.24) is 4.72 Å². The topological polar surface area (TPSA) is 66.4 Å². The molecular weight excluding hydrogens is 321 g/mol. The van der Waals surface area contributed by atoms with Crippen LogP contribution < -0.4 is 4.72 Å². The van der Waals surface area contributed by atoms with E-state index in [4.69, 9.17) is 23.2 Å². The van der Waals surface area contributed by atoms with E-state index in [-0.39, 0.29) is 27.6 Å². The molecule has 2 rings (SSSR count). The quantitative estimate of drug-likeness (QED) is 0.838. The maximum atomic E-state index is 12.3. The molecule has 0 heterocycles. The van der Waals surface area contributed by atoms with Gasteiger partial charge < -0.3 is 5.11 Å². The molecular formula is C13H17Cl2NO3S. The van der Waals surface area contributed by atoms with Gasteiger partial charge in [0.05, 0.1) is 11.6 Å². The largest absolute Gasteiger partial charge is 0.392 e. The van der Waals surface area contributed by atoms with Gasteiger partial charge in [-0.05, 0) is 37.0 Å². The smallest absolute Gasteiger partial charge is 0.242 e. The Bertz CT molecular complexity index is 600. The number of aliphatic hydroxyl groups is 1. The first-order valence-corrected chi connectivity index (χ1v) is 8.68. The van der Waals surface area contributed by atoms with Gasteiger partial charge in [0, 0.05) is 11.1 Å². The van der Waals surface area contributed by atoms with Gasteiger partial charge in [0.1, 0.15) is 4.90 Å². The molecule has 1 aliphatic rings. The lowest BCUT2D eigenvalue weighted by Gasteiger charge is -2.16. The van der Waals surface area contributed by atoms with Crippen LogP contribution in [0.4, 0.5) is 0 Å². The van der Waals surface area contributed by atoms with Crippen LogP contribution in [0.1, 0.15) is 31.7 Å². The molecule has 1 atom stereocenters. The molecule has 0 amide bonds. The molecule has 0 saturated heterocycles. The monoisotopic (exact) mass is 337 g/mol. The predicted octanol–water partition coefficient (Wildman–Crippen LogP) is 2.95. The number of hydrogen-bond acceptors (Lipinski definition) is 3. The summed E-state index contributed by atoms with van der Waals surface area (Å²) in [5, 5.41) is 9.43. The summed E-state index contributed by atoms with van der Waals surface area (Å²) in [7, 11) is -3.74. The van der Waals surface area contributed by atoms with Gasteiger partial charge in [-0.1, -0.05) is 36.0 Å². The molecule has 1 aromatic carbocycles. The van der Waals surface area contributed by atoms with Crippen molar-refractivity contribution in [3.05, 3.63) is 27.7 Å². The van der Waals surface area contributed by atoms with Gasteiger partial charge in [0.25, 0.3) is 0 Å². The normalized spacial score (nSPS) is 17.2. The van der Waals surface area contributed by atoms with E-state index in [1.165, 1.54) is 25.0 Å². The molecule has 4 nitrogen and oxygen atoms in total. The Morgan fingerprint density at radius 1 is 1.40 bits per heavy atom. The second-order valence-corrected chi connectivity index (χ2v) is 7.73. The van der Waals surface area contributed by atoms with Crippen LogP contribution in [-0.2, 0) is 16.6 Å². The van der Waals surface area contributed by atoms with Gasteiger partial charge in [-0.15, -0.1) is 0 Å². The van der Waals surface area contributed by atoms with Crippen LogP contribution in [0.3, 0.4) is 0 Å². The lowest BCUT2D eigenvalue weighted by molar-refractivity contribution is 0.281. The second-order valence-electron chi connectivity index (χ2n) is 5.24. The summed E-state index contributed by atoms with van der Waals surface area (Å²) in [5.74, 6) is 0.621. The van der Waals surface area contributed by atoms with Crippen LogP contribution in [0.25, 0.3) is 0 Å². The van der Waals surface area contributed by atoms with Crippen LogP contribution in [0.5, 0.6) is 0 Å². The van der Waals surface area contributed by atoms with Crippen molar-refractivity contribution in [2.75, 3.05) is 0 Å². The van der Waals surface area contributed by atoms with Gasteiger partial charge in [-0.2, -0.15) is 0 Å². The number of aliphatic hydroxyl groups excluding tert-OH is 1. The zero-order chi connectivity index (χ0) is 14.9. The highest BCUT2D eigenvalue weighted by Gasteiger charge is 2.27. The molecule has 0 aliphatic heterocycles. The standard InChI is InChI=1S/C13H17Cl2NO3S/c1-8(4-9-2-3-9)16-20(18,19)12-6-11(14)5-10(7-17)13(12)15/h5-6,8-9,16-17H,2-4,7H2,1H3. The summed E-state index contributed by atoms with van der Waals surface area (Å²) in [5.41, 5.74) is 0.300. The van der Waals surface area contributed by atoms with Crippen LogP contribution >= 0.6 is 23.2 Å². The molecule has 1 fully saturated rings. The molecule has 1 aliphatic carbocycles. The third-order valence-electron chi connectivity index (χ3n) is 3.28. The van der Waals surface area contributed by atoms with Crippen molar-refractivity contribution in [2.24, 2.45) is 5.92 Å². The average Bonchev–Trinajstić information content (AvgIpc) is 3.14. The Hall–Kier alpha value is -0.330. The summed E-state index contributed by atoms with van der Waals surface area (Å²) in [6, 6.07) is 2.60. The summed E-state index contributed by atoms with van der Waals surface area (Å²) in [6.45, 7) is 1.47. The zero-order valence-corrected chi connectivity index (χ0v) is 13.4. The molecule has 1 unspecified atom stereocenters. The highest BCUT2D eigenvalue weighted by molar-refractivity contribution is 7.89. The molecule has 1 saturated carbocycles. The van der Waals surface area contributed by atoms with E-state index >= 15 is 0 Å². The Morgan fingerprint density at radius 3 is 2.60 bits per heavy atom. The van der Waals surface area contributed by atoms with Crippen LogP contribution in [0.2, 0.25) is 10.0 Å². The van der Waals surface area contributed by atoms with E-state index in [0.717, 1.165) is 6.42 Å². The van der Waals surface area contributed by atoms with Gasteiger partial charge in [0.2, 0.25) is 10.0 Å². The molecule has 0 spiro atoms. The fourth-order valence-electron chi connectivity index (χ4n) is 2.16. The Labute approximate surface area is 129 Å². The summed E-state index contributed by atoms with van der Waals surface area (Å²) in [6.07, 6.45) is 3.15. The highest BCUT2D eigenvalue weighted by Crippen LogP contribution is 2.34. The Morgan fingerprint density at radius 2 is 2.05 bits per heavy atom. The van der Waals surface area contributed by atoms with E-state index in [9.17, 15) is 13.5 Å². The number of halogens is 2. The predicted molar refractivity (Wildman–Crippen MR) is 79.5 cm³/mol. The molecule has 112 valence electrons. The summed E-state index contributed by atoms with van der Waals surface area (Å²) in [4.78, 5) is -0.0848. The third kappa shape index (κ3) is 3.86. The van der Waals surface area contributed by atoms with E-state index in [0.29, 0.717) is 11.5 Å². The highest BCUT2D eigenvalue weighted by atomic mass is 35.5. The number of rotatable bonds is 6. The van der Waals surface area contributed by atoms with Crippen LogP contribution in [0.15, 0.2) is 17.0 Å². The van der Waals surface area contributed by atoms with E-state index in [1.807, 2.05) is 6.92 Å². The third-order valence-corrected chi connectivity index (χ3v) is 5.67. The number of benzene rings is 1. The lowest BCUT2D eigenvalue weighted by Crippen LogP contribution is -2.33.